The molecule has 0 bridgehead atoms. The minimum absolute atomic E-state index is 0.265. The maximum atomic E-state index is 9.18. The first kappa shape index (κ1) is 15.3. The highest BCUT2D eigenvalue weighted by Gasteiger charge is 2.23. The molecule has 2 aromatic rings. The van der Waals surface area contributed by atoms with Crippen LogP contribution in [0.3, 0.4) is 0 Å². The van der Waals surface area contributed by atoms with Gasteiger partial charge in [-0.05, 0) is 31.2 Å². The first-order valence-electron chi connectivity index (χ1n) is 7.92. The standard InChI is InChI=1S/C18H24N2O2/c1-19-9-10-20(14-17(19)8-11-21)13-15-4-6-16(7-5-15)18-3-2-12-22-18/h2-7,12,17,21H,8-11,13-14H2,1H3/t17-/m0/s1. The second kappa shape index (κ2) is 7.09. The molecule has 1 atom stereocenters. The summed E-state index contributed by atoms with van der Waals surface area (Å²) in [5, 5.41) is 9.18. The zero-order valence-corrected chi connectivity index (χ0v) is 13.1. The number of hydrogen-bond donors (Lipinski definition) is 1. The average Bonchev–Trinajstić information content (AvgIpc) is 3.06. The summed E-state index contributed by atoms with van der Waals surface area (Å²) in [5.74, 6) is 0.911. The van der Waals surface area contributed by atoms with Gasteiger partial charge < -0.3 is 14.4 Å². The normalized spacial score (nSPS) is 20.4. The largest absolute Gasteiger partial charge is 0.464 e. The molecule has 0 aliphatic carbocycles. The molecule has 0 saturated carbocycles. The highest BCUT2D eigenvalue weighted by molar-refractivity contribution is 5.57. The fourth-order valence-corrected chi connectivity index (χ4v) is 3.09. The van der Waals surface area contributed by atoms with Crippen LogP contribution in [0.5, 0.6) is 0 Å². The van der Waals surface area contributed by atoms with Crippen LogP contribution >= 0.6 is 0 Å². The van der Waals surface area contributed by atoms with Crippen molar-refractivity contribution in [3.05, 3.63) is 48.2 Å². The van der Waals surface area contributed by atoms with Crippen molar-refractivity contribution in [3.63, 3.8) is 0 Å². The highest BCUT2D eigenvalue weighted by Crippen LogP contribution is 2.21. The second-order valence-corrected chi connectivity index (χ2v) is 6.06. The lowest BCUT2D eigenvalue weighted by Gasteiger charge is -2.39. The first-order valence-corrected chi connectivity index (χ1v) is 7.92. The van der Waals surface area contributed by atoms with Crippen LogP contribution in [0.15, 0.2) is 47.1 Å². The van der Waals surface area contributed by atoms with E-state index in [-0.39, 0.29) is 6.61 Å². The summed E-state index contributed by atoms with van der Waals surface area (Å²) >= 11 is 0. The Morgan fingerprint density at radius 2 is 2.00 bits per heavy atom. The number of nitrogens with zero attached hydrogens (tertiary/aromatic N) is 2. The van der Waals surface area contributed by atoms with E-state index in [0.29, 0.717) is 6.04 Å². The monoisotopic (exact) mass is 300 g/mol. The van der Waals surface area contributed by atoms with Crippen molar-refractivity contribution in [1.82, 2.24) is 9.80 Å². The Morgan fingerprint density at radius 1 is 1.18 bits per heavy atom. The molecule has 118 valence electrons. The minimum Gasteiger partial charge on any atom is -0.464 e. The molecule has 22 heavy (non-hydrogen) atoms. The molecule has 3 rings (SSSR count). The van der Waals surface area contributed by atoms with Crippen LogP contribution in [-0.2, 0) is 6.54 Å². The third-order valence-electron chi connectivity index (χ3n) is 4.49. The predicted octanol–water partition coefficient (Wildman–Crippen LogP) is 2.45. The van der Waals surface area contributed by atoms with Gasteiger partial charge >= 0.3 is 0 Å². The van der Waals surface area contributed by atoms with E-state index in [1.54, 1.807) is 6.26 Å². The van der Waals surface area contributed by atoms with E-state index in [0.717, 1.165) is 43.9 Å². The minimum atomic E-state index is 0.265. The van der Waals surface area contributed by atoms with Gasteiger partial charge in [0.25, 0.3) is 0 Å². The van der Waals surface area contributed by atoms with Crippen LogP contribution in [0.4, 0.5) is 0 Å². The van der Waals surface area contributed by atoms with E-state index in [9.17, 15) is 5.11 Å². The maximum Gasteiger partial charge on any atom is 0.133 e. The van der Waals surface area contributed by atoms with Crippen molar-refractivity contribution in [1.29, 1.82) is 0 Å². The number of benzene rings is 1. The molecule has 1 saturated heterocycles. The van der Waals surface area contributed by atoms with Crippen molar-refractivity contribution in [2.75, 3.05) is 33.3 Å². The summed E-state index contributed by atoms with van der Waals surface area (Å²) in [6, 6.07) is 12.9. The van der Waals surface area contributed by atoms with Crippen LogP contribution in [0.1, 0.15) is 12.0 Å². The van der Waals surface area contributed by atoms with Gasteiger partial charge in [0.2, 0.25) is 0 Å². The van der Waals surface area contributed by atoms with Gasteiger partial charge in [0, 0.05) is 44.4 Å². The van der Waals surface area contributed by atoms with Crippen LogP contribution < -0.4 is 0 Å². The smallest absolute Gasteiger partial charge is 0.133 e. The van der Waals surface area contributed by atoms with Gasteiger partial charge in [-0.3, -0.25) is 4.90 Å². The predicted molar refractivity (Wildman–Crippen MR) is 87.5 cm³/mol. The van der Waals surface area contributed by atoms with Crippen LogP contribution in [0, 0.1) is 0 Å². The van der Waals surface area contributed by atoms with Gasteiger partial charge in [-0.25, -0.2) is 0 Å². The summed E-state index contributed by atoms with van der Waals surface area (Å²) in [7, 11) is 2.15. The lowest BCUT2D eigenvalue weighted by atomic mass is 10.1. The number of hydrogen-bond acceptors (Lipinski definition) is 4. The van der Waals surface area contributed by atoms with Gasteiger partial charge in [0.05, 0.1) is 6.26 Å². The molecule has 4 heteroatoms. The second-order valence-electron chi connectivity index (χ2n) is 6.06. The Labute approximate surface area is 132 Å². The molecule has 0 spiro atoms. The van der Waals surface area contributed by atoms with Crippen molar-refractivity contribution in [3.8, 4) is 11.3 Å². The SMILES string of the molecule is CN1CCN(Cc2ccc(-c3ccco3)cc2)C[C@@H]1CCO. The molecule has 0 radical (unpaired) electrons. The lowest BCUT2D eigenvalue weighted by molar-refractivity contribution is 0.0743. The van der Waals surface area contributed by atoms with E-state index in [1.807, 2.05) is 12.1 Å². The fourth-order valence-electron chi connectivity index (χ4n) is 3.09. The number of likely N-dealkylation sites (N-methyl/N-ethyl adjacent to an activating group) is 1. The molecule has 0 unspecified atom stereocenters. The van der Waals surface area contributed by atoms with Crippen LogP contribution in [0.2, 0.25) is 0 Å². The van der Waals surface area contributed by atoms with Crippen LogP contribution in [0.25, 0.3) is 11.3 Å². The fraction of sp³-hybridized carbons (Fsp3) is 0.444. The summed E-state index contributed by atoms with van der Waals surface area (Å²) < 4.78 is 5.42. The zero-order valence-electron chi connectivity index (χ0n) is 13.1. The molecule has 0 amide bonds. The summed E-state index contributed by atoms with van der Waals surface area (Å²) in [5.41, 5.74) is 2.44. The third kappa shape index (κ3) is 3.58. The molecule has 4 nitrogen and oxygen atoms in total. The summed E-state index contributed by atoms with van der Waals surface area (Å²) in [6.07, 6.45) is 2.55. The van der Waals surface area contributed by atoms with Crippen molar-refractivity contribution >= 4 is 0 Å². The van der Waals surface area contributed by atoms with Crippen molar-refractivity contribution in [2.24, 2.45) is 0 Å². The summed E-state index contributed by atoms with van der Waals surface area (Å²) in [6.45, 7) is 4.40. The molecule has 1 N–H and O–H groups in total. The number of rotatable bonds is 5. The number of aliphatic hydroxyl groups excluding tert-OH is 1. The van der Waals surface area contributed by atoms with E-state index in [1.165, 1.54) is 5.56 Å². The Kier molecular flexibility index (Phi) is 4.93. The van der Waals surface area contributed by atoms with Crippen molar-refractivity contribution < 1.29 is 9.52 Å². The molecule has 1 aromatic heterocycles. The quantitative estimate of drug-likeness (QED) is 0.921. The Morgan fingerprint density at radius 3 is 2.68 bits per heavy atom. The molecule has 1 aliphatic heterocycles. The van der Waals surface area contributed by atoms with Crippen molar-refractivity contribution in [2.45, 2.75) is 19.0 Å². The zero-order chi connectivity index (χ0) is 15.4. The van der Waals surface area contributed by atoms with E-state index >= 15 is 0 Å². The lowest BCUT2D eigenvalue weighted by Crippen LogP contribution is -2.51. The molecule has 1 aromatic carbocycles. The molecule has 2 heterocycles. The van der Waals surface area contributed by atoms with E-state index in [4.69, 9.17) is 4.42 Å². The molecular weight excluding hydrogens is 276 g/mol. The van der Waals surface area contributed by atoms with E-state index < -0.39 is 0 Å². The Balaban J connectivity index is 1.61. The maximum absolute atomic E-state index is 9.18. The highest BCUT2D eigenvalue weighted by atomic mass is 16.3. The topological polar surface area (TPSA) is 39.9 Å². The van der Waals surface area contributed by atoms with Gasteiger partial charge in [-0.15, -0.1) is 0 Å². The third-order valence-corrected chi connectivity index (χ3v) is 4.49. The number of furan rings is 1. The Hall–Kier alpha value is -1.62. The summed E-state index contributed by atoms with van der Waals surface area (Å²) in [4.78, 5) is 4.83. The number of aliphatic hydroxyl groups is 1. The molecular formula is C18H24N2O2. The van der Waals surface area contributed by atoms with Gasteiger partial charge in [0.15, 0.2) is 0 Å². The van der Waals surface area contributed by atoms with Gasteiger partial charge in [-0.2, -0.15) is 0 Å². The number of piperazine rings is 1. The first-order chi connectivity index (χ1) is 10.8. The average molecular weight is 300 g/mol. The van der Waals surface area contributed by atoms with E-state index in [2.05, 4.69) is 41.1 Å². The van der Waals surface area contributed by atoms with Gasteiger partial charge in [0.1, 0.15) is 5.76 Å². The van der Waals surface area contributed by atoms with Crippen LogP contribution in [-0.4, -0.2) is 54.2 Å². The Bertz CT molecular complexity index is 565. The molecule has 1 aliphatic rings. The molecule has 1 fully saturated rings. The van der Waals surface area contributed by atoms with Gasteiger partial charge in [-0.1, -0.05) is 24.3 Å².